The van der Waals surface area contributed by atoms with Crippen molar-refractivity contribution >= 4 is 69.6 Å². The number of hydrogen-bond acceptors (Lipinski definition) is 14. The summed E-state index contributed by atoms with van der Waals surface area (Å²) in [5.41, 5.74) is -5.56. The Kier molecular flexibility index (Phi) is 43.5. The average molecular weight is 1420 g/mol. The predicted octanol–water partition coefficient (Wildman–Crippen LogP) is 18.3. The Bertz CT molecular complexity index is 2650. The van der Waals surface area contributed by atoms with Gasteiger partial charge in [0.05, 0.1) is 30.1 Å². The van der Waals surface area contributed by atoms with E-state index in [9.17, 15) is 57.5 Å². The number of amides is 2. The van der Waals surface area contributed by atoms with Gasteiger partial charge in [-0.25, -0.2) is 0 Å². The van der Waals surface area contributed by atoms with Gasteiger partial charge in [-0.3, -0.25) is 57.5 Å². The van der Waals surface area contributed by atoms with Gasteiger partial charge in [0.25, 0.3) is 0 Å². The molecule has 0 bridgehead atoms. The van der Waals surface area contributed by atoms with Crippen molar-refractivity contribution in [3.8, 4) is 0 Å². The number of nitrogens with one attached hydrogen (secondary N) is 4. The molecule has 0 heterocycles. The van der Waals surface area contributed by atoms with Gasteiger partial charge in [0, 0.05) is 112 Å². The highest BCUT2D eigenvalue weighted by atomic mass is 16.2. The second-order valence-electron chi connectivity index (χ2n) is 32.7. The summed E-state index contributed by atoms with van der Waals surface area (Å²) in [4.78, 5) is 168. The van der Waals surface area contributed by atoms with E-state index in [0.717, 1.165) is 12.8 Å². The number of ketones is 10. The van der Waals surface area contributed by atoms with Crippen molar-refractivity contribution in [2.75, 3.05) is 0 Å². The number of hydrogen-bond donors (Lipinski definition) is 4. The summed E-state index contributed by atoms with van der Waals surface area (Å²) < 4.78 is 0. The smallest absolute Gasteiger partial charge is 0.224 e. The maximum absolute atomic E-state index is 14.4. The van der Waals surface area contributed by atoms with Crippen LogP contribution >= 0.6 is 0 Å². The minimum atomic E-state index is -1.08. The molecule has 0 fully saturated rings. The molecule has 101 heavy (non-hydrogen) atoms. The summed E-state index contributed by atoms with van der Waals surface area (Å²) >= 11 is 0. The van der Waals surface area contributed by atoms with Crippen LogP contribution in [0.5, 0.6) is 0 Å². The van der Waals surface area contributed by atoms with Gasteiger partial charge in [-0.1, -0.05) is 187 Å². The van der Waals surface area contributed by atoms with Gasteiger partial charge in [-0.2, -0.15) is 0 Å². The van der Waals surface area contributed by atoms with E-state index >= 15 is 0 Å². The van der Waals surface area contributed by atoms with Crippen LogP contribution in [0.3, 0.4) is 0 Å². The topological polar surface area (TPSA) is 253 Å². The van der Waals surface area contributed by atoms with Crippen molar-refractivity contribution in [2.24, 2.45) is 55.7 Å². The fraction of sp³-hybridized carbons (Fsp3) is 0.859. The van der Waals surface area contributed by atoms with Gasteiger partial charge in [-0.15, -0.1) is 0 Å². The van der Waals surface area contributed by atoms with Crippen molar-refractivity contribution in [1.82, 2.24) is 21.3 Å². The standard InChI is InChI=1S/C43H78N2O6.C42H76N2O6/c1-16-39(11,17-2)34(47)27-30(37(50)41(13,20-5)21-6)26-33(46)31(45-43(15,24-9)25-10)29-36(49)44-32(38(51)42(14,22-7)23-8)28-35(48)40(12,18-3)19-4;1-15-29(16-2)33(45)27-31(44-42(14,23-9)24-10)34(46)25-30(26-35(47)39(11,17-3)18-4)38(50)43-32(37(49)41(13,21-7)22-8)28-36(48)40(12,19-5)20-6/h30-32,45H,16-29H2,1-15H3,(H,44,49);29-32,44H,15-28H2,1-14H3,(H,43,50). The summed E-state index contributed by atoms with van der Waals surface area (Å²) in [6, 6.07) is -3.87. The first-order valence-electron chi connectivity index (χ1n) is 40.3. The first kappa shape index (κ1) is 98.6. The van der Waals surface area contributed by atoms with E-state index in [2.05, 4.69) is 21.3 Å². The van der Waals surface area contributed by atoms with Gasteiger partial charge in [-0.05, 0) is 142 Å². The van der Waals surface area contributed by atoms with Crippen LogP contribution in [0.2, 0.25) is 0 Å². The minimum Gasteiger partial charge on any atom is -0.346 e. The van der Waals surface area contributed by atoms with Crippen molar-refractivity contribution in [1.29, 1.82) is 0 Å². The van der Waals surface area contributed by atoms with Gasteiger partial charge in [0.15, 0.2) is 23.1 Å². The minimum absolute atomic E-state index is 0.00881. The van der Waals surface area contributed by atoms with Crippen molar-refractivity contribution in [2.45, 2.75) is 416 Å². The molecule has 0 radical (unpaired) electrons. The molecule has 4 N–H and O–H groups in total. The quantitative estimate of drug-likeness (QED) is 0.0442. The molecule has 2 amide bonds. The number of carbonyl (C=O) groups is 12. The summed E-state index contributed by atoms with van der Waals surface area (Å²) in [5.74, 6) is -4.45. The molecule has 0 aliphatic carbocycles. The third kappa shape index (κ3) is 27.8. The molecular formula is C85H154N4O12. The van der Waals surface area contributed by atoms with Crippen LogP contribution in [-0.4, -0.2) is 105 Å². The van der Waals surface area contributed by atoms with Gasteiger partial charge in [0.1, 0.15) is 34.7 Å². The molecule has 0 aliphatic heterocycles. The highest BCUT2D eigenvalue weighted by Crippen LogP contribution is 2.39. The van der Waals surface area contributed by atoms with Crippen LogP contribution in [0.15, 0.2) is 0 Å². The maximum atomic E-state index is 14.4. The van der Waals surface area contributed by atoms with Gasteiger partial charge in [0.2, 0.25) is 11.8 Å². The van der Waals surface area contributed by atoms with Crippen molar-refractivity contribution < 1.29 is 57.5 Å². The lowest BCUT2D eigenvalue weighted by Crippen LogP contribution is -2.55. The van der Waals surface area contributed by atoms with Crippen LogP contribution in [0.1, 0.15) is 381 Å². The molecule has 0 saturated heterocycles. The molecule has 0 rings (SSSR count). The van der Waals surface area contributed by atoms with E-state index in [1.165, 1.54) is 0 Å². The van der Waals surface area contributed by atoms with E-state index < -0.39 is 96.8 Å². The van der Waals surface area contributed by atoms with Gasteiger partial charge >= 0.3 is 0 Å². The van der Waals surface area contributed by atoms with Crippen LogP contribution < -0.4 is 21.3 Å². The molecule has 16 nitrogen and oxygen atoms in total. The second kappa shape index (κ2) is 44.5. The molecule has 0 aromatic heterocycles. The summed E-state index contributed by atoms with van der Waals surface area (Å²) in [7, 11) is 0. The molecule has 0 aliphatic rings. The second-order valence-corrected chi connectivity index (χ2v) is 32.7. The number of carbonyl (C=O) groups excluding carboxylic acids is 12. The van der Waals surface area contributed by atoms with E-state index in [1.54, 1.807) is 0 Å². The highest BCUT2D eigenvalue weighted by molar-refractivity contribution is 6.02. The van der Waals surface area contributed by atoms with Crippen LogP contribution in [0.4, 0.5) is 0 Å². The summed E-state index contributed by atoms with van der Waals surface area (Å²) in [5, 5.41) is 12.8. The zero-order chi connectivity index (χ0) is 79.1. The molecule has 0 saturated carbocycles. The Morgan fingerprint density at radius 2 is 0.495 bits per heavy atom. The Hall–Kier alpha value is -4.44. The Morgan fingerprint density at radius 3 is 0.782 bits per heavy atom. The fourth-order valence-electron chi connectivity index (χ4n) is 13.3. The third-order valence-corrected chi connectivity index (χ3v) is 27.1. The summed E-state index contributed by atoms with van der Waals surface area (Å²) in [6.45, 7) is 56.6. The van der Waals surface area contributed by atoms with Crippen LogP contribution in [0, 0.1) is 55.7 Å². The molecular weight excluding hydrogens is 1270 g/mol. The van der Waals surface area contributed by atoms with Crippen LogP contribution in [-0.2, 0) is 57.5 Å². The lowest BCUT2D eigenvalue weighted by molar-refractivity contribution is -0.141. The Labute approximate surface area is 617 Å². The third-order valence-electron chi connectivity index (χ3n) is 27.1. The van der Waals surface area contributed by atoms with E-state index in [-0.39, 0.29) is 115 Å². The normalized spacial score (nSPS) is 14.7. The van der Waals surface area contributed by atoms with E-state index in [0.29, 0.717) is 116 Å². The lowest BCUT2D eigenvalue weighted by atomic mass is 9.69. The fourth-order valence-corrected chi connectivity index (χ4v) is 13.3. The summed E-state index contributed by atoms with van der Waals surface area (Å²) in [6.07, 6.45) is 11.4. The zero-order valence-electron chi connectivity index (χ0n) is 70.2. The molecule has 0 aromatic rings. The average Bonchev–Trinajstić information content (AvgIpc) is 0.820. The monoisotopic (exact) mass is 1420 g/mol. The number of Topliss-reactive ketones (excluding diaryl/α,β-unsaturated/α-hetero) is 10. The highest BCUT2D eigenvalue weighted by Gasteiger charge is 2.46. The Morgan fingerprint density at radius 1 is 0.238 bits per heavy atom. The molecule has 16 heteroatoms. The SMILES string of the molecule is CCC(C)(CC)NC(CC(=O)NC(CC(=O)C(C)(CC)CC)C(=O)C(C)(CC)CC)C(=O)CC(CC(=O)C(C)(CC)CC)C(=O)C(C)(CC)CC.CCC(CC)C(=O)CC(NC(C)(CC)CC)C(=O)CC(CC(=O)C(C)(CC)CC)C(=O)NC(CC(=O)C(C)(CC)CC)C(=O)C(C)(CC)CC. The molecule has 6 atom stereocenters. The number of rotatable bonds is 56. The van der Waals surface area contributed by atoms with E-state index in [1.807, 2.05) is 201 Å². The van der Waals surface area contributed by atoms with Crippen molar-refractivity contribution in [3.05, 3.63) is 0 Å². The first-order chi connectivity index (χ1) is 46.8. The van der Waals surface area contributed by atoms with Crippen LogP contribution in [0.25, 0.3) is 0 Å². The predicted molar refractivity (Wildman–Crippen MR) is 415 cm³/mol. The molecule has 0 aromatic carbocycles. The lowest BCUT2D eigenvalue weighted by Gasteiger charge is -2.36. The molecule has 0 spiro atoms. The largest absolute Gasteiger partial charge is 0.346 e. The molecule has 6 unspecified atom stereocenters. The van der Waals surface area contributed by atoms with E-state index in [4.69, 9.17) is 0 Å². The Balaban J connectivity index is 0. The maximum Gasteiger partial charge on any atom is 0.224 e. The first-order valence-corrected chi connectivity index (χ1v) is 40.3. The zero-order valence-corrected chi connectivity index (χ0v) is 70.2. The molecule has 586 valence electrons. The van der Waals surface area contributed by atoms with Gasteiger partial charge < -0.3 is 21.3 Å². The van der Waals surface area contributed by atoms with Crippen molar-refractivity contribution in [3.63, 3.8) is 0 Å².